The molecular formula is C18H24N2O5S. The molecule has 1 heterocycles. The molecule has 7 nitrogen and oxygen atoms in total. The summed E-state index contributed by atoms with van der Waals surface area (Å²) in [4.78, 5) is 15.9. The molecule has 26 heavy (non-hydrogen) atoms. The topological polar surface area (TPSA) is 106 Å². The molecule has 0 unspecified atom stereocenters. The highest BCUT2D eigenvalue weighted by Gasteiger charge is 2.25. The fourth-order valence-corrected chi connectivity index (χ4v) is 4.37. The van der Waals surface area contributed by atoms with Gasteiger partial charge in [0.2, 0.25) is 10.0 Å². The molecule has 1 aromatic heterocycles. The zero-order valence-corrected chi connectivity index (χ0v) is 16.1. The third-order valence-electron chi connectivity index (χ3n) is 4.02. The molecule has 0 fully saturated rings. The molecule has 142 valence electrons. The number of rotatable bonds is 7. The second-order valence-corrected chi connectivity index (χ2v) is 8.78. The van der Waals surface area contributed by atoms with Gasteiger partial charge in [0.25, 0.3) is 0 Å². The quantitative estimate of drug-likeness (QED) is 0.713. The number of hydrogen-bond acceptors (Lipinski definition) is 6. The van der Waals surface area contributed by atoms with Crippen LogP contribution in [0, 0.1) is 5.41 Å². The Morgan fingerprint density at radius 1 is 1.31 bits per heavy atom. The standard InChI is InChI=1S/C18H24N2O5S/c1-12(21)10-18(2,3)11-20-26(23,24)15-7-5-6-14-13(15)8-9-19-16(14)17(22)25-4/h5-9,12,20-21H,10-11H2,1-4H3/t12-/m1/s1. The second kappa shape index (κ2) is 7.69. The Morgan fingerprint density at radius 2 is 2.00 bits per heavy atom. The maximum Gasteiger partial charge on any atom is 0.357 e. The van der Waals surface area contributed by atoms with Crippen LogP contribution in [0.5, 0.6) is 0 Å². The van der Waals surface area contributed by atoms with E-state index in [9.17, 15) is 18.3 Å². The van der Waals surface area contributed by atoms with Crippen LogP contribution in [0.25, 0.3) is 10.8 Å². The first-order chi connectivity index (χ1) is 12.1. The Kier molecular flexibility index (Phi) is 6.00. The van der Waals surface area contributed by atoms with Crippen molar-refractivity contribution >= 4 is 26.8 Å². The summed E-state index contributed by atoms with van der Waals surface area (Å²) < 4.78 is 32.9. The molecule has 0 bridgehead atoms. The summed E-state index contributed by atoms with van der Waals surface area (Å²) in [5, 5.41) is 10.4. The number of pyridine rings is 1. The molecule has 0 spiro atoms. The monoisotopic (exact) mass is 380 g/mol. The van der Waals surface area contributed by atoms with Crippen LogP contribution in [0.1, 0.15) is 37.7 Å². The van der Waals surface area contributed by atoms with Gasteiger partial charge in [0.05, 0.1) is 18.1 Å². The SMILES string of the molecule is COC(=O)c1nccc2c(S(=O)(=O)NCC(C)(C)C[C@@H](C)O)cccc12. The number of methoxy groups -OCH3 is 1. The van der Waals surface area contributed by atoms with Crippen LogP contribution in [0.4, 0.5) is 0 Å². The predicted octanol–water partition coefficient (Wildman–Crippen LogP) is 2.10. The van der Waals surface area contributed by atoms with Gasteiger partial charge in [-0.05, 0) is 30.9 Å². The Balaban J connectivity index is 2.41. The van der Waals surface area contributed by atoms with Crippen molar-refractivity contribution in [3.63, 3.8) is 0 Å². The normalized spacial score (nSPS) is 13.6. The maximum absolute atomic E-state index is 12.8. The lowest BCUT2D eigenvalue weighted by atomic mass is 9.87. The van der Waals surface area contributed by atoms with Crippen molar-refractivity contribution in [2.45, 2.75) is 38.2 Å². The lowest BCUT2D eigenvalue weighted by molar-refractivity contribution is 0.0596. The van der Waals surface area contributed by atoms with Gasteiger partial charge in [-0.2, -0.15) is 0 Å². The van der Waals surface area contributed by atoms with E-state index in [1.54, 1.807) is 25.1 Å². The minimum absolute atomic E-state index is 0.0652. The first-order valence-electron chi connectivity index (χ1n) is 8.21. The molecule has 0 aliphatic carbocycles. The number of hydrogen-bond donors (Lipinski definition) is 2. The van der Waals surface area contributed by atoms with Crippen molar-refractivity contribution in [2.24, 2.45) is 5.41 Å². The fourth-order valence-electron chi connectivity index (χ4n) is 2.91. The van der Waals surface area contributed by atoms with Gasteiger partial charge < -0.3 is 9.84 Å². The van der Waals surface area contributed by atoms with Crippen molar-refractivity contribution in [3.8, 4) is 0 Å². The fraction of sp³-hybridized carbons (Fsp3) is 0.444. The first-order valence-corrected chi connectivity index (χ1v) is 9.69. The molecule has 1 atom stereocenters. The molecule has 0 saturated heterocycles. The number of benzene rings is 1. The van der Waals surface area contributed by atoms with Gasteiger partial charge >= 0.3 is 5.97 Å². The Morgan fingerprint density at radius 3 is 2.62 bits per heavy atom. The lowest BCUT2D eigenvalue weighted by Crippen LogP contribution is -2.35. The van der Waals surface area contributed by atoms with Gasteiger partial charge in [0.15, 0.2) is 5.69 Å². The third kappa shape index (κ3) is 4.57. The molecule has 1 aromatic carbocycles. The molecule has 0 aliphatic rings. The number of fused-ring (bicyclic) bond motifs is 1. The zero-order chi connectivity index (χ0) is 19.5. The molecule has 2 aromatic rings. The number of carbonyl (C=O) groups is 1. The largest absolute Gasteiger partial charge is 0.464 e. The maximum atomic E-state index is 12.8. The molecule has 0 radical (unpaired) electrons. The third-order valence-corrected chi connectivity index (χ3v) is 5.48. The van der Waals surface area contributed by atoms with Crippen molar-refractivity contribution < 1.29 is 23.1 Å². The molecule has 0 aliphatic heterocycles. The smallest absolute Gasteiger partial charge is 0.357 e. The highest BCUT2D eigenvalue weighted by molar-refractivity contribution is 7.89. The van der Waals surface area contributed by atoms with E-state index in [0.29, 0.717) is 17.2 Å². The number of aliphatic hydroxyl groups excluding tert-OH is 1. The number of aliphatic hydroxyl groups is 1. The van der Waals surface area contributed by atoms with E-state index in [1.807, 2.05) is 13.8 Å². The molecule has 2 N–H and O–H groups in total. The van der Waals surface area contributed by atoms with Crippen LogP contribution in [0.15, 0.2) is 35.4 Å². The van der Waals surface area contributed by atoms with Crippen LogP contribution < -0.4 is 4.72 Å². The summed E-state index contributed by atoms with van der Waals surface area (Å²) in [7, 11) is -2.57. The van der Waals surface area contributed by atoms with Gasteiger partial charge in [-0.25, -0.2) is 22.9 Å². The van der Waals surface area contributed by atoms with Crippen LogP contribution in [-0.4, -0.2) is 44.2 Å². The highest BCUT2D eigenvalue weighted by Crippen LogP contribution is 2.26. The summed E-state index contributed by atoms with van der Waals surface area (Å²) in [5.74, 6) is -0.629. The van der Waals surface area contributed by atoms with E-state index in [0.717, 1.165) is 0 Å². The summed E-state index contributed by atoms with van der Waals surface area (Å²) in [6.07, 6.45) is 1.31. The van der Waals surface area contributed by atoms with Crippen molar-refractivity contribution in [1.82, 2.24) is 9.71 Å². The Bertz CT molecular complexity index is 907. The van der Waals surface area contributed by atoms with Crippen LogP contribution in [0.3, 0.4) is 0 Å². The van der Waals surface area contributed by atoms with E-state index in [1.165, 1.54) is 19.4 Å². The number of sulfonamides is 1. The van der Waals surface area contributed by atoms with Crippen molar-refractivity contribution in [1.29, 1.82) is 0 Å². The number of carbonyl (C=O) groups excluding carboxylic acids is 1. The van der Waals surface area contributed by atoms with Gasteiger partial charge in [-0.1, -0.05) is 26.0 Å². The average molecular weight is 380 g/mol. The summed E-state index contributed by atoms with van der Waals surface area (Å²) in [6, 6.07) is 6.22. The Hall–Kier alpha value is -2.03. The summed E-state index contributed by atoms with van der Waals surface area (Å²) in [6.45, 7) is 5.60. The van der Waals surface area contributed by atoms with Gasteiger partial charge in [0.1, 0.15) is 0 Å². The summed E-state index contributed by atoms with van der Waals surface area (Å²) in [5.41, 5.74) is -0.346. The average Bonchev–Trinajstić information content (AvgIpc) is 2.57. The second-order valence-electron chi connectivity index (χ2n) is 7.04. The number of nitrogens with one attached hydrogen (secondary N) is 1. The van der Waals surface area contributed by atoms with Crippen molar-refractivity contribution in [2.75, 3.05) is 13.7 Å². The van der Waals surface area contributed by atoms with E-state index in [-0.39, 0.29) is 17.1 Å². The van der Waals surface area contributed by atoms with Gasteiger partial charge in [-0.3, -0.25) is 0 Å². The van der Waals surface area contributed by atoms with E-state index < -0.39 is 27.5 Å². The molecule has 8 heteroatoms. The number of esters is 1. The van der Waals surface area contributed by atoms with E-state index >= 15 is 0 Å². The number of ether oxygens (including phenoxy) is 1. The summed E-state index contributed by atoms with van der Waals surface area (Å²) >= 11 is 0. The van der Waals surface area contributed by atoms with Crippen LogP contribution >= 0.6 is 0 Å². The Labute approximate surface area is 153 Å². The lowest BCUT2D eigenvalue weighted by Gasteiger charge is -2.26. The minimum atomic E-state index is -3.82. The van der Waals surface area contributed by atoms with Crippen LogP contribution in [-0.2, 0) is 14.8 Å². The molecule has 0 saturated carbocycles. The number of aromatic nitrogens is 1. The van der Waals surface area contributed by atoms with Crippen LogP contribution in [0.2, 0.25) is 0 Å². The van der Waals surface area contributed by atoms with Gasteiger partial charge in [-0.15, -0.1) is 0 Å². The minimum Gasteiger partial charge on any atom is -0.464 e. The van der Waals surface area contributed by atoms with Crippen molar-refractivity contribution in [3.05, 3.63) is 36.2 Å². The first kappa shape index (κ1) is 20.3. The number of nitrogens with zero attached hydrogens (tertiary/aromatic N) is 1. The molecule has 2 rings (SSSR count). The van der Waals surface area contributed by atoms with Gasteiger partial charge in [0, 0.05) is 23.5 Å². The predicted molar refractivity (Wildman–Crippen MR) is 98.3 cm³/mol. The molecular weight excluding hydrogens is 356 g/mol. The van der Waals surface area contributed by atoms with E-state index in [4.69, 9.17) is 4.74 Å². The zero-order valence-electron chi connectivity index (χ0n) is 15.3. The molecule has 0 amide bonds. The highest BCUT2D eigenvalue weighted by atomic mass is 32.2. The van der Waals surface area contributed by atoms with E-state index in [2.05, 4.69) is 9.71 Å².